The van der Waals surface area contributed by atoms with Gasteiger partial charge < -0.3 is 31.0 Å². The summed E-state index contributed by atoms with van der Waals surface area (Å²) in [6, 6.07) is -0.833. The summed E-state index contributed by atoms with van der Waals surface area (Å²) >= 11 is 0. The molecule has 0 heterocycles. The van der Waals surface area contributed by atoms with Gasteiger partial charge in [0.1, 0.15) is 0 Å². The highest BCUT2D eigenvalue weighted by atomic mass is 31.2. The lowest BCUT2D eigenvalue weighted by molar-refractivity contribution is 0.171. The molecule has 0 fully saturated rings. The number of phosphoric ester groups is 2. The minimum absolute atomic E-state index is 0.186. The number of primary amides is 2. The Labute approximate surface area is 103 Å². The Morgan fingerprint density at radius 2 is 1.11 bits per heavy atom. The van der Waals surface area contributed by atoms with Gasteiger partial charge in [-0.3, -0.25) is 9.05 Å². The molecule has 0 saturated carbocycles. The molecule has 0 saturated heterocycles. The van der Waals surface area contributed by atoms with Crippen molar-refractivity contribution < 1.29 is 42.5 Å². The summed E-state index contributed by atoms with van der Waals surface area (Å²) in [5.41, 5.74) is 8.50. The molecule has 0 aromatic rings. The van der Waals surface area contributed by atoms with Crippen molar-refractivity contribution in [3.8, 4) is 0 Å². The first kappa shape index (κ1) is 19.8. The largest absolute Gasteiger partial charge is 0.469 e. The van der Waals surface area contributed by atoms with Crippen molar-refractivity contribution in [3.63, 3.8) is 0 Å². The molecule has 13 heteroatoms. The summed E-state index contributed by atoms with van der Waals surface area (Å²) in [7, 11) is -8.88. The summed E-state index contributed by atoms with van der Waals surface area (Å²) in [6.45, 7) is -0.371. The van der Waals surface area contributed by atoms with E-state index in [0.29, 0.717) is 0 Å². The second kappa shape index (κ2) is 9.42. The molecule has 8 N–H and O–H groups in total. The van der Waals surface area contributed by atoms with Gasteiger partial charge in [-0.05, 0) is 12.8 Å². The second-order valence-corrected chi connectivity index (χ2v) is 5.24. The average Bonchev–Trinajstić information content (AvgIpc) is 2.06. The summed E-state index contributed by atoms with van der Waals surface area (Å²) in [6.07, 6.45) is 0.482. The zero-order valence-electron chi connectivity index (χ0n) is 9.21. The minimum Gasteiger partial charge on any atom is -0.352 e. The van der Waals surface area contributed by atoms with Gasteiger partial charge >= 0.3 is 21.7 Å². The lowest BCUT2D eigenvalue weighted by Crippen LogP contribution is -2.18. The molecule has 0 radical (unpaired) electrons. The smallest absolute Gasteiger partial charge is 0.352 e. The van der Waals surface area contributed by atoms with Gasteiger partial charge in [0, 0.05) is 0 Å². The number of rotatable bonds is 7. The number of carbonyl (C=O) groups excluding carboxylic acids is 1. The normalized spacial score (nSPS) is 11.6. The van der Waals surface area contributed by atoms with Gasteiger partial charge in [0.15, 0.2) is 0 Å². The molecule has 0 aliphatic carbocycles. The van der Waals surface area contributed by atoms with Crippen LogP contribution >= 0.6 is 15.6 Å². The van der Waals surface area contributed by atoms with Crippen molar-refractivity contribution >= 4 is 21.7 Å². The molecular weight excluding hydrogens is 294 g/mol. The van der Waals surface area contributed by atoms with Crippen molar-refractivity contribution in [2.24, 2.45) is 11.5 Å². The quantitative estimate of drug-likeness (QED) is 0.252. The molecule has 0 aromatic heterocycles. The standard InChI is InChI=1S/C4H12O8P2.CH4N2O/c5-13(6,7)11-3-1-2-4-12-14(8,9)10;2-1(3)4/h1-4H2,(H2,5,6,7)(H2,8,9,10);(H4,2,3,4). The summed E-state index contributed by atoms with van der Waals surface area (Å²) in [5.74, 6) is 0. The molecule has 0 unspecified atom stereocenters. The molecule has 0 rings (SSSR count). The number of amides is 2. The van der Waals surface area contributed by atoms with Crippen LogP contribution in [0, 0.1) is 0 Å². The van der Waals surface area contributed by atoms with Crippen molar-refractivity contribution in [2.75, 3.05) is 13.2 Å². The number of nitrogens with two attached hydrogens (primary N) is 2. The second-order valence-electron chi connectivity index (χ2n) is 2.76. The Morgan fingerprint density at radius 3 is 1.28 bits per heavy atom. The molecule has 110 valence electrons. The molecule has 0 aliphatic heterocycles. The Bertz CT molecular complexity index is 293. The molecular formula is C5H16N2O9P2. The van der Waals surface area contributed by atoms with Crippen LogP contribution in [-0.2, 0) is 18.2 Å². The van der Waals surface area contributed by atoms with Crippen LogP contribution in [0.5, 0.6) is 0 Å². The molecule has 0 aliphatic rings. The maximum atomic E-state index is 10.1. The van der Waals surface area contributed by atoms with E-state index in [1.54, 1.807) is 0 Å². The van der Waals surface area contributed by atoms with E-state index in [2.05, 4.69) is 20.5 Å². The summed E-state index contributed by atoms with van der Waals surface area (Å²) in [4.78, 5) is 41.9. The summed E-state index contributed by atoms with van der Waals surface area (Å²) in [5, 5.41) is 0. The third-order valence-electron chi connectivity index (χ3n) is 1.06. The van der Waals surface area contributed by atoms with E-state index in [4.69, 9.17) is 24.4 Å². The topological polar surface area (TPSA) is 203 Å². The van der Waals surface area contributed by atoms with Gasteiger partial charge in [0.2, 0.25) is 0 Å². The van der Waals surface area contributed by atoms with Gasteiger partial charge in [0.25, 0.3) is 0 Å². The lowest BCUT2D eigenvalue weighted by Gasteiger charge is -2.06. The van der Waals surface area contributed by atoms with Gasteiger partial charge in [-0.25, -0.2) is 13.9 Å². The number of urea groups is 1. The number of carbonyl (C=O) groups is 1. The van der Waals surface area contributed by atoms with E-state index < -0.39 is 21.7 Å². The van der Waals surface area contributed by atoms with Crippen LogP contribution in [0.2, 0.25) is 0 Å². The van der Waals surface area contributed by atoms with E-state index >= 15 is 0 Å². The van der Waals surface area contributed by atoms with Crippen molar-refractivity contribution in [2.45, 2.75) is 12.8 Å². The zero-order valence-corrected chi connectivity index (χ0v) is 11.0. The van der Waals surface area contributed by atoms with Crippen LogP contribution in [-0.4, -0.2) is 38.8 Å². The zero-order chi connectivity index (χ0) is 14.8. The monoisotopic (exact) mass is 310 g/mol. The highest BCUT2D eigenvalue weighted by molar-refractivity contribution is 7.46. The molecule has 18 heavy (non-hydrogen) atoms. The SMILES string of the molecule is NC(N)=O.O=P(O)(O)OCCCCOP(=O)(O)O. The van der Waals surface area contributed by atoms with Crippen LogP contribution in [0.3, 0.4) is 0 Å². The number of phosphoric acid groups is 2. The van der Waals surface area contributed by atoms with E-state index in [-0.39, 0.29) is 26.1 Å². The fourth-order valence-electron chi connectivity index (χ4n) is 0.571. The molecule has 0 atom stereocenters. The predicted octanol–water partition coefficient (Wildman–Crippen LogP) is -0.991. The highest BCUT2D eigenvalue weighted by Gasteiger charge is 2.14. The Hall–Kier alpha value is -0.510. The Kier molecular flexibility index (Phi) is 10.4. The molecule has 0 spiro atoms. The van der Waals surface area contributed by atoms with E-state index in [1.165, 1.54) is 0 Å². The summed E-state index contributed by atoms with van der Waals surface area (Å²) < 4.78 is 28.4. The van der Waals surface area contributed by atoms with E-state index in [9.17, 15) is 9.13 Å². The van der Waals surface area contributed by atoms with Crippen LogP contribution in [0.15, 0.2) is 0 Å². The minimum atomic E-state index is -4.44. The van der Waals surface area contributed by atoms with E-state index in [0.717, 1.165) is 0 Å². The maximum Gasteiger partial charge on any atom is 0.469 e. The first-order valence-electron chi connectivity index (χ1n) is 4.39. The number of hydrogen-bond acceptors (Lipinski definition) is 5. The van der Waals surface area contributed by atoms with Crippen molar-refractivity contribution in [1.82, 2.24) is 0 Å². The van der Waals surface area contributed by atoms with E-state index in [1.807, 2.05) is 0 Å². The number of hydrogen-bond donors (Lipinski definition) is 6. The third-order valence-corrected chi connectivity index (χ3v) is 2.10. The van der Waals surface area contributed by atoms with Gasteiger partial charge in [-0.2, -0.15) is 0 Å². The van der Waals surface area contributed by atoms with Crippen molar-refractivity contribution in [3.05, 3.63) is 0 Å². The molecule has 0 aromatic carbocycles. The maximum absolute atomic E-state index is 10.1. The fraction of sp³-hybridized carbons (Fsp3) is 0.800. The van der Waals surface area contributed by atoms with Crippen LogP contribution < -0.4 is 11.5 Å². The van der Waals surface area contributed by atoms with Crippen LogP contribution in [0.1, 0.15) is 12.8 Å². The third kappa shape index (κ3) is 29.6. The molecule has 0 bridgehead atoms. The van der Waals surface area contributed by atoms with Crippen molar-refractivity contribution in [1.29, 1.82) is 0 Å². The van der Waals surface area contributed by atoms with Gasteiger partial charge in [-0.15, -0.1) is 0 Å². The number of unbranched alkanes of at least 4 members (excludes halogenated alkanes) is 1. The van der Waals surface area contributed by atoms with Crippen LogP contribution in [0.25, 0.3) is 0 Å². The van der Waals surface area contributed by atoms with Gasteiger partial charge in [-0.1, -0.05) is 0 Å². The molecule has 11 nitrogen and oxygen atoms in total. The molecule has 2 amide bonds. The average molecular weight is 310 g/mol. The Morgan fingerprint density at radius 1 is 0.889 bits per heavy atom. The predicted molar refractivity (Wildman–Crippen MR) is 59.0 cm³/mol. The van der Waals surface area contributed by atoms with Gasteiger partial charge in [0.05, 0.1) is 13.2 Å². The first-order chi connectivity index (χ1) is 7.94. The fourth-order valence-corrected chi connectivity index (χ4v) is 1.30. The lowest BCUT2D eigenvalue weighted by atomic mass is 10.3. The Balaban J connectivity index is 0. The highest BCUT2D eigenvalue weighted by Crippen LogP contribution is 2.37. The van der Waals surface area contributed by atoms with Crippen LogP contribution in [0.4, 0.5) is 4.79 Å². The first-order valence-corrected chi connectivity index (χ1v) is 7.45.